The zero-order chi connectivity index (χ0) is 9.42. The third-order valence-corrected chi connectivity index (χ3v) is 2.54. The maximum absolute atomic E-state index is 5.84. The molecule has 1 aromatic carbocycles. The molecule has 64 valence electrons. The maximum atomic E-state index is 5.84. The second-order valence-electron chi connectivity index (χ2n) is 2.68. The molecule has 0 unspecified atom stereocenters. The van der Waals surface area contributed by atoms with Gasteiger partial charge in [0.25, 0.3) is 0 Å². The molecule has 0 bridgehead atoms. The molecule has 1 aromatic heterocycles. The second-order valence-corrected chi connectivity index (χ2v) is 3.50. The Kier molecular flexibility index (Phi) is 1.95. The highest BCUT2D eigenvalue weighted by atomic mass is 35.5. The molecule has 0 atom stereocenters. The number of fused-ring (bicyclic) bond motifs is 1. The SMILES string of the molecule is C#Cc1cc2cc(Cl)c(Cl)cc2[nH]1. The van der Waals surface area contributed by atoms with Gasteiger partial charge in [0.05, 0.1) is 15.7 Å². The third kappa shape index (κ3) is 1.39. The number of rotatable bonds is 0. The highest BCUT2D eigenvalue weighted by molar-refractivity contribution is 6.42. The maximum Gasteiger partial charge on any atom is 0.0901 e. The number of benzene rings is 1. The number of aromatic amines is 1. The van der Waals surface area contributed by atoms with Crippen molar-refractivity contribution in [2.24, 2.45) is 0 Å². The summed E-state index contributed by atoms with van der Waals surface area (Å²) < 4.78 is 0. The largest absolute Gasteiger partial charge is 0.348 e. The summed E-state index contributed by atoms with van der Waals surface area (Å²) >= 11 is 11.7. The van der Waals surface area contributed by atoms with Crippen molar-refractivity contribution >= 4 is 34.1 Å². The van der Waals surface area contributed by atoms with Crippen LogP contribution in [0.4, 0.5) is 0 Å². The van der Waals surface area contributed by atoms with E-state index in [0.717, 1.165) is 16.6 Å². The van der Waals surface area contributed by atoms with Crippen LogP contribution >= 0.6 is 23.2 Å². The minimum Gasteiger partial charge on any atom is -0.348 e. The molecule has 1 N–H and O–H groups in total. The lowest BCUT2D eigenvalue weighted by molar-refractivity contribution is 1.42. The first-order chi connectivity index (χ1) is 6.20. The highest BCUT2D eigenvalue weighted by Gasteiger charge is 2.03. The molecule has 13 heavy (non-hydrogen) atoms. The number of hydrogen-bond acceptors (Lipinski definition) is 0. The summed E-state index contributed by atoms with van der Waals surface area (Å²) in [5.41, 5.74) is 1.63. The Labute approximate surface area is 85.7 Å². The molecule has 1 heterocycles. The molecule has 0 saturated carbocycles. The van der Waals surface area contributed by atoms with Crippen LogP contribution in [0.5, 0.6) is 0 Å². The zero-order valence-electron chi connectivity index (χ0n) is 6.57. The van der Waals surface area contributed by atoms with Gasteiger partial charge in [-0.3, -0.25) is 0 Å². The van der Waals surface area contributed by atoms with Gasteiger partial charge in [-0.1, -0.05) is 29.1 Å². The lowest BCUT2D eigenvalue weighted by Crippen LogP contribution is -1.71. The van der Waals surface area contributed by atoms with Crippen LogP contribution < -0.4 is 0 Å². The topological polar surface area (TPSA) is 15.8 Å². The fraction of sp³-hybridized carbons (Fsp3) is 0. The number of hydrogen-bond donors (Lipinski definition) is 1. The van der Waals surface area contributed by atoms with Crippen LogP contribution in [0.3, 0.4) is 0 Å². The molecule has 0 radical (unpaired) electrons. The lowest BCUT2D eigenvalue weighted by Gasteiger charge is -1.94. The molecule has 3 heteroatoms. The van der Waals surface area contributed by atoms with E-state index >= 15 is 0 Å². The van der Waals surface area contributed by atoms with Crippen molar-refractivity contribution in [1.82, 2.24) is 4.98 Å². The third-order valence-electron chi connectivity index (χ3n) is 1.82. The van der Waals surface area contributed by atoms with Gasteiger partial charge in [-0.05, 0) is 18.2 Å². The van der Waals surface area contributed by atoms with Gasteiger partial charge in [0.15, 0.2) is 0 Å². The van der Waals surface area contributed by atoms with Crippen LogP contribution in [0.25, 0.3) is 10.9 Å². The van der Waals surface area contributed by atoms with Crippen LogP contribution in [0.2, 0.25) is 10.0 Å². The summed E-state index contributed by atoms with van der Waals surface area (Å²) in [7, 11) is 0. The average molecular weight is 210 g/mol. The van der Waals surface area contributed by atoms with Crippen LogP contribution in [0, 0.1) is 12.3 Å². The van der Waals surface area contributed by atoms with E-state index in [1.165, 1.54) is 0 Å². The summed E-state index contributed by atoms with van der Waals surface area (Å²) in [6.07, 6.45) is 5.24. The molecular weight excluding hydrogens is 205 g/mol. The smallest absolute Gasteiger partial charge is 0.0901 e. The van der Waals surface area contributed by atoms with E-state index < -0.39 is 0 Å². The van der Waals surface area contributed by atoms with Crippen molar-refractivity contribution in [3.05, 3.63) is 33.9 Å². The van der Waals surface area contributed by atoms with Gasteiger partial charge in [0, 0.05) is 10.9 Å². The quantitative estimate of drug-likeness (QED) is 0.641. The number of terminal acetylenes is 1. The number of nitrogens with one attached hydrogen (secondary N) is 1. The first-order valence-electron chi connectivity index (χ1n) is 3.65. The normalized spacial score (nSPS) is 10.2. The lowest BCUT2D eigenvalue weighted by atomic mass is 10.2. The van der Waals surface area contributed by atoms with Crippen molar-refractivity contribution in [2.45, 2.75) is 0 Å². The van der Waals surface area contributed by atoms with Gasteiger partial charge in [0.1, 0.15) is 0 Å². The van der Waals surface area contributed by atoms with Gasteiger partial charge in [0.2, 0.25) is 0 Å². The van der Waals surface area contributed by atoms with Crippen molar-refractivity contribution < 1.29 is 0 Å². The van der Waals surface area contributed by atoms with E-state index in [1.807, 2.05) is 6.07 Å². The molecule has 0 spiro atoms. The first kappa shape index (κ1) is 8.50. The Balaban J connectivity index is 2.79. The summed E-state index contributed by atoms with van der Waals surface area (Å²) in [5.74, 6) is 2.51. The van der Waals surface area contributed by atoms with Crippen LogP contribution in [0.1, 0.15) is 5.69 Å². The number of H-pyrrole nitrogens is 1. The summed E-state index contributed by atoms with van der Waals surface area (Å²) in [5, 5.41) is 2.04. The predicted octanol–water partition coefficient (Wildman–Crippen LogP) is 3.46. The van der Waals surface area contributed by atoms with E-state index in [2.05, 4.69) is 10.9 Å². The first-order valence-corrected chi connectivity index (χ1v) is 4.40. The Morgan fingerprint density at radius 1 is 1.15 bits per heavy atom. The highest BCUT2D eigenvalue weighted by Crippen LogP contribution is 2.27. The van der Waals surface area contributed by atoms with Crippen molar-refractivity contribution in [3.63, 3.8) is 0 Å². The summed E-state index contributed by atoms with van der Waals surface area (Å²) in [6.45, 7) is 0. The van der Waals surface area contributed by atoms with E-state index in [4.69, 9.17) is 29.6 Å². The molecule has 2 rings (SSSR count). The van der Waals surface area contributed by atoms with Gasteiger partial charge >= 0.3 is 0 Å². The van der Waals surface area contributed by atoms with Gasteiger partial charge in [-0.25, -0.2) is 0 Å². The Bertz CT molecular complexity index is 466. The minimum atomic E-state index is 0.527. The number of aromatic nitrogens is 1. The Morgan fingerprint density at radius 3 is 2.54 bits per heavy atom. The van der Waals surface area contributed by atoms with Crippen LogP contribution in [-0.2, 0) is 0 Å². The van der Waals surface area contributed by atoms with E-state index in [9.17, 15) is 0 Å². The fourth-order valence-electron chi connectivity index (χ4n) is 1.20. The predicted molar refractivity (Wildman–Crippen MR) is 56.3 cm³/mol. The Morgan fingerprint density at radius 2 is 1.85 bits per heavy atom. The second kappa shape index (κ2) is 2.99. The summed E-state index contributed by atoms with van der Waals surface area (Å²) in [6, 6.07) is 5.41. The Hall–Kier alpha value is -1.10. The standard InChI is InChI=1S/C10H5Cl2N/c1-2-7-3-6-4-8(11)9(12)5-10(6)13-7/h1,3-5,13H. The number of halogens is 2. The molecule has 0 saturated heterocycles. The van der Waals surface area contributed by atoms with E-state index in [0.29, 0.717) is 10.0 Å². The molecule has 0 aliphatic carbocycles. The van der Waals surface area contributed by atoms with E-state index in [-0.39, 0.29) is 0 Å². The molecule has 2 aromatic rings. The van der Waals surface area contributed by atoms with E-state index in [1.54, 1.807) is 12.1 Å². The molecule has 0 aliphatic heterocycles. The van der Waals surface area contributed by atoms with Gasteiger partial charge in [-0.2, -0.15) is 0 Å². The molecular formula is C10H5Cl2N. The van der Waals surface area contributed by atoms with Crippen molar-refractivity contribution in [2.75, 3.05) is 0 Å². The zero-order valence-corrected chi connectivity index (χ0v) is 8.08. The molecule has 1 nitrogen and oxygen atoms in total. The molecule has 0 amide bonds. The van der Waals surface area contributed by atoms with Crippen molar-refractivity contribution in [1.29, 1.82) is 0 Å². The summed E-state index contributed by atoms with van der Waals surface area (Å²) in [4.78, 5) is 3.03. The fourth-order valence-corrected chi connectivity index (χ4v) is 1.54. The molecule has 0 aliphatic rings. The van der Waals surface area contributed by atoms with Crippen molar-refractivity contribution in [3.8, 4) is 12.3 Å². The average Bonchev–Trinajstić information content (AvgIpc) is 2.48. The van der Waals surface area contributed by atoms with Gasteiger partial charge in [-0.15, -0.1) is 6.42 Å². The minimum absolute atomic E-state index is 0.527. The van der Waals surface area contributed by atoms with Crippen LogP contribution in [-0.4, -0.2) is 4.98 Å². The monoisotopic (exact) mass is 209 g/mol. The van der Waals surface area contributed by atoms with Crippen LogP contribution in [0.15, 0.2) is 18.2 Å². The van der Waals surface area contributed by atoms with Gasteiger partial charge < -0.3 is 4.98 Å². The molecule has 0 fully saturated rings.